The van der Waals surface area contributed by atoms with E-state index in [1.165, 1.54) is 12.5 Å². The Kier molecular flexibility index (Phi) is 1.79. The van der Waals surface area contributed by atoms with Gasteiger partial charge in [0, 0.05) is 0 Å². The molecule has 0 spiro atoms. The maximum Gasteiger partial charge on any atom is 0.211 e. The van der Waals surface area contributed by atoms with E-state index in [1.807, 2.05) is 0 Å². The van der Waals surface area contributed by atoms with E-state index >= 15 is 0 Å². The van der Waals surface area contributed by atoms with E-state index in [-0.39, 0.29) is 5.82 Å². The predicted octanol–water partition coefficient (Wildman–Crippen LogP) is -0.373. The summed E-state index contributed by atoms with van der Waals surface area (Å²) in [6, 6.07) is 0. The number of hydrogen-bond donors (Lipinski definition) is 2. The second-order valence-electron chi connectivity index (χ2n) is 1.58. The molecule has 3 N–H and O–H groups in total. The van der Waals surface area contributed by atoms with Gasteiger partial charge in [-0.2, -0.15) is 0 Å². The number of nitrogens with two attached hydrogens (primary N) is 1. The van der Waals surface area contributed by atoms with Crippen molar-refractivity contribution in [2.75, 3.05) is 11.1 Å². The van der Waals surface area contributed by atoms with Gasteiger partial charge in [0.25, 0.3) is 0 Å². The van der Waals surface area contributed by atoms with E-state index < -0.39 is 0 Å². The summed E-state index contributed by atoms with van der Waals surface area (Å²) in [5, 5.41) is 2.35. The number of amides is 1. The molecule has 0 radical (unpaired) electrons. The van der Waals surface area contributed by atoms with Crippen LogP contribution in [0.4, 0.5) is 11.5 Å². The maximum atomic E-state index is 9.90. The molecule has 10 heavy (non-hydrogen) atoms. The van der Waals surface area contributed by atoms with Crippen LogP contribution in [0.15, 0.2) is 12.5 Å². The fraction of sp³-hybridized carbons (Fsp3) is 0. The van der Waals surface area contributed by atoms with Gasteiger partial charge in [0.15, 0.2) is 5.82 Å². The summed E-state index contributed by atoms with van der Waals surface area (Å²) in [4.78, 5) is 17.2. The molecule has 0 aliphatic rings. The lowest BCUT2D eigenvalue weighted by atomic mass is 10.5. The van der Waals surface area contributed by atoms with Crippen molar-refractivity contribution in [3.8, 4) is 0 Å². The molecule has 0 atom stereocenters. The molecule has 1 heterocycles. The first kappa shape index (κ1) is 6.47. The monoisotopic (exact) mass is 138 g/mol. The van der Waals surface area contributed by atoms with Crippen LogP contribution in [0.2, 0.25) is 0 Å². The van der Waals surface area contributed by atoms with Gasteiger partial charge in [0.1, 0.15) is 12.0 Å². The summed E-state index contributed by atoms with van der Waals surface area (Å²) in [6.45, 7) is 0. The normalized spacial score (nSPS) is 8.80. The SMILES string of the molecule is Nc1ncncc1NC=O. The fourth-order valence-corrected chi connectivity index (χ4v) is 0.514. The molecular weight excluding hydrogens is 132 g/mol. The second-order valence-corrected chi connectivity index (χ2v) is 1.58. The molecule has 52 valence electrons. The molecule has 1 aromatic rings. The lowest BCUT2D eigenvalue weighted by Crippen LogP contribution is -2.01. The van der Waals surface area contributed by atoms with Crippen molar-refractivity contribution in [2.45, 2.75) is 0 Å². The molecule has 0 saturated heterocycles. The summed E-state index contributed by atoms with van der Waals surface area (Å²) in [6.07, 6.45) is 3.26. The Morgan fingerprint density at radius 2 is 2.50 bits per heavy atom. The summed E-state index contributed by atoms with van der Waals surface area (Å²) in [5.74, 6) is 0.266. The number of aromatic nitrogens is 2. The molecule has 5 heteroatoms. The van der Waals surface area contributed by atoms with E-state index in [9.17, 15) is 4.79 Å². The zero-order valence-corrected chi connectivity index (χ0v) is 5.11. The van der Waals surface area contributed by atoms with E-state index in [0.29, 0.717) is 12.1 Å². The van der Waals surface area contributed by atoms with Gasteiger partial charge in [-0.3, -0.25) is 4.79 Å². The van der Waals surface area contributed by atoms with Gasteiger partial charge >= 0.3 is 0 Å². The largest absolute Gasteiger partial charge is 0.382 e. The number of hydrogen-bond acceptors (Lipinski definition) is 4. The average molecular weight is 138 g/mol. The number of nitrogen functional groups attached to an aromatic ring is 1. The lowest BCUT2D eigenvalue weighted by Gasteiger charge is -1.98. The van der Waals surface area contributed by atoms with Crippen LogP contribution in [-0.2, 0) is 4.79 Å². The van der Waals surface area contributed by atoms with Crippen molar-refractivity contribution in [3.63, 3.8) is 0 Å². The number of anilines is 2. The van der Waals surface area contributed by atoms with Crippen LogP contribution in [0.3, 0.4) is 0 Å². The number of nitrogens with zero attached hydrogens (tertiary/aromatic N) is 2. The smallest absolute Gasteiger partial charge is 0.211 e. The Hall–Kier alpha value is -1.65. The van der Waals surface area contributed by atoms with E-state index in [0.717, 1.165) is 0 Å². The molecule has 1 rings (SSSR count). The third-order valence-electron chi connectivity index (χ3n) is 0.958. The molecule has 0 fully saturated rings. The molecule has 0 unspecified atom stereocenters. The molecule has 5 nitrogen and oxygen atoms in total. The Bertz CT molecular complexity index is 237. The van der Waals surface area contributed by atoms with Gasteiger partial charge in [-0.15, -0.1) is 0 Å². The zero-order valence-electron chi connectivity index (χ0n) is 5.11. The van der Waals surface area contributed by atoms with Crippen LogP contribution in [-0.4, -0.2) is 16.4 Å². The van der Waals surface area contributed by atoms with Gasteiger partial charge in [0.2, 0.25) is 6.41 Å². The van der Waals surface area contributed by atoms with Crippen LogP contribution in [0, 0.1) is 0 Å². The fourth-order valence-electron chi connectivity index (χ4n) is 0.514. The highest BCUT2D eigenvalue weighted by Gasteiger charge is 1.94. The third kappa shape index (κ3) is 1.19. The number of carbonyl (C=O) groups is 1. The molecule has 1 amide bonds. The number of nitrogens with one attached hydrogen (secondary N) is 1. The number of carbonyl (C=O) groups excluding carboxylic acids is 1. The van der Waals surface area contributed by atoms with Crippen molar-refractivity contribution in [1.29, 1.82) is 0 Å². The Balaban J connectivity index is 2.91. The molecule has 0 aliphatic carbocycles. The van der Waals surface area contributed by atoms with Crippen molar-refractivity contribution < 1.29 is 4.79 Å². The van der Waals surface area contributed by atoms with Crippen molar-refractivity contribution in [3.05, 3.63) is 12.5 Å². The number of rotatable bonds is 2. The van der Waals surface area contributed by atoms with Crippen LogP contribution < -0.4 is 11.1 Å². The van der Waals surface area contributed by atoms with Gasteiger partial charge in [-0.05, 0) is 0 Å². The predicted molar refractivity (Wildman–Crippen MR) is 36.1 cm³/mol. The summed E-state index contributed by atoms with van der Waals surface area (Å²) in [5.41, 5.74) is 5.76. The van der Waals surface area contributed by atoms with Crippen LogP contribution in [0.25, 0.3) is 0 Å². The molecule has 1 aromatic heterocycles. The Labute approximate surface area is 57.3 Å². The third-order valence-corrected chi connectivity index (χ3v) is 0.958. The quantitative estimate of drug-likeness (QED) is 0.546. The molecular formula is C5H6N4O. The van der Waals surface area contributed by atoms with Gasteiger partial charge in [-0.25, -0.2) is 9.97 Å². The van der Waals surface area contributed by atoms with Gasteiger partial charge in [-0.1, -0.05) is 0 Å². The van der Waals surface area contributed by atoms with Crippen LogP contribution >= 0.6 is 0 Å². The van der Waals surface area contributed by atoms with Crippen molar-refractivity contribution in [1.82, 2.24) is 9.97 Å². The molecule has 0 saturated carbocycles. The van der Waals surface area contributed by atoms with Gasteiger partial charge < -0.3 is 11.1 Å². The Morgan fingerprint density at radius 1 is 1.70 bits per heavy atom. The van der Waals surface area contributed by atoms with Crippen molar-refractivity contribution in [2.24, 2.45) is 0 Å². The van der Waals surface area contributed by atoms with Crippen LogP contribution in [0.5, 0.6) is 0 Å². The van der Waals surface area contributed by atoms with E-state index in [2.05, 4.69) is 15.3 Å². The zero-order chi connectivity index (χ0) is 7.40. The maximum absolute atomic E-state index is 9.90. The minimum atomic E-state index is 0.266. The molecule has 0 bridgehead atoms. The average Bonchev–Trinajstić information content (AvgIpc) is 1.94. The minimum absolute atomic E-state index is 0.266. The van der Waals surface area contributed by atoms with Crippen molar-refractivity contribution >= 4 is 17.9 Å². The summed E-state index contributed by atoms with van der Waals surface area (Å²) in [7, 11) is 0. The van der Waals surface area contributed by atoms with Crippen LogP contribution in [0.1, 0.15) is 0 Å². The summed E-state index contributed by atoms with van der Waals surface area (Å²) < 4.78 is 0. The highest BCUT2D eigenvalue weighted by Crippen LogP contribution is 2.09. The first-order valence-electron chi connectivity index (χ1n) is 2.60. The molecule has 0 aliphatic heterocycles. The second kappa shape index (κ2) is 2.77. The first-order chi connectivity index (χ1) is 4.84. The molecule has 0 aromatic carbocycles. The van der Waals surface area contributed by atoms with E-state index in [1.54, 1.807) is 0 Å². The first-order valence-corrected chi connectivity index (χ1v) is 2.60. The lowest BCUT2D eigenvalue weighted by molar-refractivity contribution is -0.105. The minimum Gasteiger partial charge on any atom is -0.382 e. The standard InChI is InChI=1S/C5H6N4O/c6-5-4(9-3-10)1-7-2-8-5/h1-3H,(H,9,10)(H2,6,7,8). The Morgan fingerprint density at radius 3 is 3.10 bits per heavy atom. The summed E-state index contributed by atoms with van der Waals surface area (Å²) >= 11 is 0. The highest BCUT2D eigenvalue weighted by atomic mass is 16.1. The topological polar surface area (TPSA) is 80.9 Å². The van der Waals surface area contributed by atoms with Gasteiger partial charge in [0.05, 0.1) is 6.20 Å². The van der Waals surface area contributed by atoms with E-state index in [4.69, 9.17) is 5.73 Å². The highest BCUT2D eigenvalue weighted by molar-refractivity contribution is 5.76.